The number of hydrogen-bond acceptors (Lipinski definition) is 2. The average Bonchev–Trinajstić information content (AvgIpc) is 1.92. The van der Waals surface area contributed by atoms with Crippen LogP contribution < -0.4 is 10.6 Å². The smallest absolute Gasteiger partial charge is 0.237 e. The van der Waals surface area contributed by atoms with Crippen molar-refractivity contribution >= 4 is 5.91 Å². The van der Waals surface area contributed by atoms with Crippen LogP contribution >= 0.6 is 0 Å². The fraction of sp³-hybridized carbons (Fsp3) is 0.909. The summed E-state index contributed by atoms with van der Waals surface area (Å²) < 4.78 is 0. The highest BCUT2D eigenvalue weighted by molar-refractivity contribution is 5.81. The molecule has 0 bridgehead atoms. The van der Waals surface area contributed by atoms with E-state index in [4.69, 9.17) is 0 Å². The van der Waals surface area contributed by atoms with E-state index < -0.39 is 0 Å². The summed E-state index contributed by atoms with van der Waals surface area (Å²) in [5.41, 5.74) is -0.132. The Kier molecular flexibility index (Phi) is 3.53. The molecule has 0 saturated heterocycles. The first-order valence-electron chi connectivity index (χ1n) is 5.46. The Morgan fingerprint density at radius 2 is 1.93 bits per heavy atom. The molecule has 3 nitrogen and oxygen atoms in total. The zero-order valence-electron chi connectivity index (χ0n) is 9.68. The predicted octanol–water partition coefficient (Wildman–Crippen LogP) is 1.43. The van der Waals surface area contributed by atoms with Gasteiger partial charge in [0.15, 0.2) is 0 Å². The third-order valence-electron chi connectivity index (χ3n) is 2.48. The summed E-state index contributed by atoms with van der Waals surface area (Å²) in [6, 6.07) is 0.496. The molecule has 0 spiro atoms. The van der Waals surface area contributed by atoms with Gasteiger partial charge in [-0.05, 0) is 40.5 Å². The van der Waals surface area contributed by atoms with Crippen molar-refractivity contribution in [2.24, 2.45) is 0 Å². The van der Waals surface area contributed by atoms with Gasteiger partial charge >= 0.3 is 0 Å². The lowest BCUT2D eigenvalue weighted by Crippen LogP contribution is -2.53. The van der Waals surface area contributed by atoms with E-state index >= 15 is 0 Å². The number of carbonyl (C=O) groups excluding carboxylic acids is 1. The van der Waals surface area contributed by atoms with Crippen molar-refractivity contribution in [3.63, 3.8) is 0 Å². The monoisotopic (exact) mass is 198 g/mol. The molecule has 1 rings (SSSR count). The van der Waals surface area contributed by atoms with Gasteiger partial charge in [-0.1, -0.05) is 6.42 Å². The van der Waals surface area contributed by atoms with Gasteiger partial charge in [0.2, 0.25) is 5.91 Å². The molecule has 1 fully saturated rings. The molecule has 3 heteroatoms. The first kappa shape index (κ1) is 11.5. The van der Waals surface area contributed by atoms with Crippen molar-refractivity contribution in [2.75, 3.05) is 0 Å². The average molecular weight is 198 g/mol. The molecule has 0 aromatic carbocycles. The van der Waals surface area contributed by atoms with Gasteiger partial charge in [0.25, 0.3) is 0 Å². The van der Waals surface area contributed by atoms with E-state index in [9.17, 15) is 4.79 Å². The standard InChI is InChI=1S/C11H22N2O/c1-8(12-9-6-5-7-9)10(14)13-11(2,3)4/h8-9,12H,5-7H2,1-4H3,(H,13,14). The normalized spacial score (nSPS) is 20.0. The molecular formula is C11H22N2O. The summed E-state index contributed by atoms with van der Waals surface area (Å²) in [4.78, 5) is 11.7. The van der Waals surface area contributed by atoms with Crippen LogP contribution in [0.2, 0.25) is 0 Å². The number of amides is 1. The van der Waals surface area contributed by atoms with Crippen LogP contribution in [0.3, 0.4) is 0 Å². The summed E-state index contributed by atoms with van der Waals surface area (Å²) in [5, 5.41) is 6.30. The first-order valence-corrected chi connectivity index (χ1v) is 5.46. The van der Waals surface area contributed by atoms with E-state index in [1.807, 2.05) is 27.7 Å². The molecule has 14 heavy (non-hydrogen) atoms. The highest BCUT2D eigenvalue weighted by Crippen LogP contribution is 2.18. The molecule has 0 aromatic rings. The molecule has 1 unspecified atom stereocenters. The Morgan fingerprint density at radius 1 is 1.36 bits per heavy atom. The summed E-state index contributed by atoms with van der Waals surface area (Å²) in [6.45, 7) is 7.93. The number of rotatable bonds is 3. The van der Waals surface area contributed by atoms with Gasteiger partial charge < -0.3 is 10.6 Å². The molecule has 0 radical (unpaired) electrons. The maximum atomic E-state index is 11.7. The summed E-state index contributed by atoms with van der Waals surface area (Å²) in [7, 11) is 0. The van der Waals surface area contributed by atoms with E-state index in [1.54, 1.807) is 0 Å². The van der Waals surface area contributed by atoms with Crippen LogP contribution in [0.5, 0.6) is 0 Å². The maximum absolute atomic E-state index is 11.7. The molecule has 0 aliphatic heterocycles. The van der Waals surface area contributed by atoms with Crippen LogP contribution in [-0.2, 0) is 4.79 Å². The Hall–Kier alpha value is -0.570. The second-order valence-electron chi connectivity index (χ2n) is 5.26. The Morgan fingerprint density at radius 3 is 2.29 bits per heavy atom. The molecule has 2 N–H and O–H groups in total. The Labute approximate surface area is 86.6 Å². The van der Waals surface area contributed by atoms with Crippen LogP contribution in [0.4, 0.5) is 0 Å². The van der Waals surface area contributed by atoms with Gasteiger partial charge in [-0.15, -0.1) is 0 Å². The summed E-state index contributed by atoms with van der Waals surface area (Å²) >= 11 is 0. The van der Waals surface area contributed by atoms with Crippen molar-refractivity contribution in [1.29, 1.82) is 0 Å². The minimum absolute atomic E-state index is 0.0699. The Bertz CT molecular complexity index is 204. The number of carbonyl (C=O) groups is 1. The third kappa shape index (κ3) is 3.66. The van der Waals surface area contributed by atoms with Crippen LogP contribution in [0.15, 0.2) is 0 Å². The highest BCUT2D eigenvalue weighted by atomic mass is 16.2. The molecule has 0 heterocycles. The number of nitrogens with one attached hydrogen (secondary N) is 2. The van der Waals surface area contributed by atoms with Crippen molar-refractivity contribution < 1.29 is 4.79 Å². The molecule has 0 aromatic heterocycles. The van der Waals surface area contributed by atoms with Gasteiger partial charge in [-0.2, -0.15) is 0 Å². The molecular weight excluding hydrogens is 176 g/mol. The maximum Gasteiger partial charge on any atom is 0.237 e. The van der Waals surface area contributed by atoms with Crippen LogP contribution in [-0.4, -0.2) is 23.5 Å². The van der Waals surface area contributed by atoms with E-state index in [0.29, 0.717) is 6.04 Å². The van der Waals surface area contributed by atoms with Crippen LogP contribution in [0.25, 0.3) is 0 Å². The highest BCUT2D eigenvalue weighted by Gasteiger charge is 2.24. The van der Waals surface area contributed by atoms with Gasteiger partial charge in [0, 0.05) is 11.6 Å². The molecule has 1 saturated carbocycles. The predicted molar refractivity (Wildman–Crippen MR) is 58.1 cm³/mol. The van der Waals surface area contributed by atoms with E-state index in [2.05, 4.69) is 10.6 Å². The van der Waals surface area contributed by atoms with E-state index in [1.165, 1.54) is 19.3 Å². The lowest BCUT2D eigenvalue weighted by atomic mass is 9.92. The summed E-state index contributed by atoms with van der Waals surface area (Å²) in [5.74, 6) is 0.101. The quantitative estimate of drug-likeness (QED) is 0.720. The minimum Gasteiger partial charge on any atom is -0.350 e. The number of hydrogen-bond donors (Lipinski definition) is 2. The third-order valence-corrected chi connectivity index (χ3v) is 2.48. The van der Waals surface area contributed by atoms with Crippen LogP contribution in [0, 0.1) is 0 Å². The van der Waals surface area contributed by atoms with Crippen molar-refractivity contribution in [2.45, 2.75) is 64.6 Å². The van der Waals surface area contributed by atoms with Crippen molar-refractivity contribution in [1.82, 2.24) is 10.6 Å². The zero-order chi connectivity index (χ0) is 10.8. The first-order chi connectivity index (χ1) is 6.38. The minimum atomic E-state index is -0.132. The zero-order valence-corrected chi connectivity index (χ0v) is 9.68. The van der Waals surface area contributed by atoms with Gasteiger partial charge in [-0.3, -0.25) is 4.79 Å². The van der Waals surface area contributed by atoms with E-state index in [0.717, 1.165) is 0 Å². The largest absolute Gasteiger partial charge is 0.350 e. The second kappa shape index (κ2) is 4.30. The molecule has 1 atom stereocenters. The fourth-order valence-electron chi connectivity index (χ4n) is 1.48. The van der Waals surface area contributed by atoms with Crippen LogP contribution in [0.1, 0.15) is 47.0 Å². The van der Waals surface area contributed by atoms with Gasteiger partial charge in [-0.25, -0.2) is 0 Å². The summed E-state index contributed by atoms with van der Waals surface area (Å²) in [6.07, 6.45) is 3.73. The lowest BCUT2D eigenvalue weighted by Gasteiger charge is -2.31. The van der Waals surface area contributed by atoms with Gasteiger partial charge in [0.1, 0.15) is 0 Å². The topological polar surface area (TPSA) is 41.1 Å². The van der Waals surface area contributed by atoms with Crippen molar-refractivity contribution in [3.8, 4) is 0 Å². The molecule has 1 aliphatic carbocycles. The van der Waals surface area contributed by atoms with E-state index in [-0.39, 0.29) is 17.5 Å². The molecule has 82 valence electrons. The fourth-order valence-corrected chi connectivity index (χ4v) is 1.48. The SMILES string of the molecule is CC(NC1CCC1)C(=O)NC(C)(C)C. The lowest BCUT2D eigenvalue weighted by molar-refractivity contribution is -0.124. The Balaban J connectivity index is 2.28. The molecule has 1 amide bonds. The second-order valence-corrected chi connectivity index (χ2v) is 5.26. The van der Waals surface area contributed by atoms with Gasteiger partial charge in [0.05, 0.1) is 6.04 Å². The molecule has 1 aliphatic rings. The van der Waals surface area contributed by atoms with Crippen molar-refractivity contribution in [3.05, 3.63) is 0 Å².